The van der Waals surface area contributed by atoms with Crippen molar-refractivity contribution in [3.8, 4) is 0 Å². The van der Waals surface area contributed by atoms with E-state index in [1.807, 2.05) is 12.3 Å². The van der Waals surface area contributed by atoms with Crippen LogP contribution in [0.3, 0.4) is 0 Å². The average molecular weight is 216 g/mol. The molecule has 0 aliphatic heterocycles. The molecule has 2 aliphatic carbocycles. The van der Waals surface area contributed by atoms with Gasteiger partial charge in [0.05, 0.1) is 0 Å². The molecule has 0 aromatic carbocycles. The van der Waals surface area contributed by atoms with E-state index in [4.69, 9.17) is 0 Å². The van der Waals surface area contributed by atoms with Gasteiger partial charge >= 0.3 is 0 Å². The van der Waals surface area contributed by atoms with E-state index in [-0.39, 0.29) is 11.3 Å². The minimum atomic E-state index is 0.193. The molecule has 1 aromatic heterocycles. The molecule has 0 bridgehead atoms. The van der Waals surface area contributed by atoms with Gasteiger partial charge in [0.25, 0.3) is 0 Å². The second-order valence-corrected chi connectivity index (χ2v) is 5.01. The fourth-order valence-electron chi connectivity index (χ4n) is 2.14. The van der Waals surface area contributed by atoms with E-state index < -0.39 is 0 Å². The number of hydrogen-bond donors (Lipinski definition) is 1. The Hall–Kier alpha value is -1.38. The molecule has 0 radical (unpaired) electrons. The number of nitrogens with one attached hydrogen (secondary N) is 1. The van der Waals surface area contributed by atoms with Gasteiger partial charge in [0.15, 0.2) is 0 Å². The Morgan fingerprint density at radius 2 is 2.31 bits per heavy atom. The summed E-state index contributed by atoms with van der Waals surface area (Å²) in [4.78, 5) is 15.7. The standard InChI is InChI=1S/C13H16N2O/c16-12(10-3-4-10)15-9-13(5-6-13)11-2-1-7-14-8-11/h1-2,7-8,10H,3-6,9H2,(H,15,16). The Morgan fingerprint density at radius 3 is 2.88 bits per heavy atom. The van der Waals surface area contributed by atoms with Crippen LogP contribution in [0.5, 0.6) is 0 Å². The highest BCUT2D eigenvalue weighted by atomic mass is 16.2. The maximum absolute atomic E-state index is 11.6. The lowest BCUT2D eigenvalue weighted by Gasteiger charge is -2.15. The highest BCUT2D eigenvalue weighted by Crippen LogP contribution is 2.47. The minimum Gasteiger partial charge on any atom is -0.355 e. The molecular formula is C13H16N2O. The quantitative estimate of drug-likeness (QED) is 0.831. The third kappa shape index (κ3) is 1.82. The summed E-state index contributed by atoms with van der Waals surface area (Å²) in [5, 5.41) is 3.08. The number of nitrogens with zero attached hydrogens (tertiary/aromatic N) is 1. The number of carbonyl (C=O) groups is 1. The van der Waals surface area contributed by atoms with Crippen LogP contribution in [0.25, 0.3) is 0 Å². The van der Waals surface area contributed by atoms with Crippen molar-refractivity contribution in [3.63, 3.8) is 0 Å². The van der Waals surface area contributed by atoms with Crippen molar-refractivity contribution in [2.45, 2.75) is 31.1 Å². The molecule has 1 aromatic rings. The summed E-state index contributed by atoms with van der Waals surface area (Å²) in [6.45, 7) is 0.786. The predicted molar refractivity (Wildman–Crippen MR) is 60.9 cm³/mol. The van der Waals surface area contributed by atoms with E-state index in [0.717, 1.165) is 19.4 Å². The van der Waals surface area contributed by atoms with Crippen LogP contribution in [0, 0.1) is 5.92 Å². The molecule has 1 amide bonds. The van der Waals surface area contributed by atoms with Gasteiger partial charge in [-0.05, 0) is 37.3 Å². The molecule has 2 saturated carbocycles. The number of hydrogen-bond acceptors (Lipinski definition) is 2. The van der Waals surface area contributed by atoms with Crippen molar-refractivity contribution in [2.24, 2.45) is 5.92 Å². The van der Waals surface area contributed by atoms with Crippen LogP contribution in [0.2, 0.25) is 0 Å². The molecular weight excluding hydrogens is 200 g/mol. The molecule has 0 spiro atoms. The molecule has 3 heteroatoms. The molecule has 2 fully saturated rings. The van der Waals surface area contributed by atoms with Gasteiger partial charge in [0, 0.05) is 30.3 Å². The molecule has 84 valence electrons. The molecule has 1 heterocycles. The summed E-state index contributed by atoms with van der Waals surface area (Å²) in [5.74, 6) is 0.555. The first-order valence-corrected chi connectivity index (χ1v) is 5.98. The van der Waals surface area contributed by atoms with Crippen LogP contribution in [0.1, 0.15) is 31.2 Å². The summed E-state index contributed by atoms with van der Waals surface area (Å²) in [6, 6.07) is 4.08. The lowest BCUT2D eigenvalue weighted by atomic mass is 9.98. The summed E-state index contributed by atoms with van der Waals surface area (Å²) in [7, 11) is 0. The maximum atomic E-state index is 11.6. The molecule has 16 heavy (non-hydrogen) atoms. The summed E-state index contributed by atoms with van der Waals surface area (Å²) in [5.41, 5.74) is 1.46. The molecule has 0 unspecified atom stereocenters. The molecule has 2 aliphatic rings. The smallest absolute Gasteiger partial charge is 0.223 e. The van der Waals surface area contributed by atoms with E-state index in [2.05, 4.69) is 16.4 Å². The first-order chi connectivity index (χ1) is 7.80. The fraction of sp³-hybridized carbons (Fsp3) is 0.538. The molecule has 0 saturated heterocycles. The van der Waals surface area contributed by atoms with Gasteiger partial charge in [0.2, 0.25) is 5.91 Å². The lowest BCUT2D eigenvalue weighted by molar-refractivity contribution is -0.122. The lowest BCUT2D eigenvalue weighted by Crippen LogP contribution is -2.33. The Balaban J connectivity index is 1.63. The van der Waals surface area contributed by atoms with Gasteiger partial charge in [-0.3, -0.25) is 9.78 Å². The molecule has 1 N–H and O–H groups in total. The second kappa shape index (κ2) is 3.58. The highest BCUT2D eigenvalue weighted by Gasteiger charge is 2.45. The van der Waals surface area contributed by atoms with E-state index in [1.165, 1.54) is 18.4 Å². The van der Waals surface area contributed by atoms with Crippen molar-refractivity contribution >= 4 is 5.91 Å². The zero-order valence-corrected chi connectivity index (χ0v) is 9.28. The van der Waals surface area contributed by atoms with Gasteiger partial charge in [-0.15, -0.1) is 0 Å². The number of pyridine rings is 1. The monoisotopic (exact) mass is 216 g/mol. The van der Waals surface area contributed by atoms with E-state index in [0.29, 0.717) is 5.92 Å². The minimum absolute atomic E-state index is 0.193. The zero-order valence-electron chi connectivity index (χ0n) is 9.28. The molecule has 3 rings (SSSR count). The van der Waals surface area contributed by atoms with Gasteiger partial charge in [-0.1, -0.05) is 6.07 Å². The predicted octanol–water partition coefficient (Wildman–Crippen LogP) is 1.64. The zero-order chi connectivity index (χ0) is 11.0. The van der Waals surface area contributed by atoms with Crippen molar-refractivity contribution in [1.29, 1.82) is 0 Å². The van der Waals surface area contributed by atoms with Crippen LogP contribution < -0.4 is 5.32 Å². The number of carbonyl (C=O) groups excluding carboxylic acids is 1. The summed E-state index contributed by atoms with van der Waals surface area (Å²) in [6.07, 6.45) is 8.21. The highest BCUT2D eigenvalue weighted by molar-refractivity contribution is 5.81. The van der Waals surface area contributed by atoms with Gasteiger partial charge in [0.1, 0.15) is 0 Å². The Labute approximate surface area is 95.3 Å². The summed E-state index contributed by atoms with van der Waals surface area (Å²) < 4.78 is 0. The Morgan fingerprint density at radius 1 is 1.50 bits per heavy atom. The molecule has 0 atom stereocenters. The van der Waals surface area contributed by atoms with E-state index in [1.54, 1.807) is 6.20 Å². The van der Waals surface area contributed by atoms with Crippen LogP contribution in [0.4, 0.5) is 0 Å². The third-order valence-corrected chi connectivity index (χ3v) is 3.68. The van der Waals surface area contributed by atoms with Crippen LogP contribution >= 0.6 is 0 Å². The van der Waals surface area contributed by atoms with E-state index in [9.17, 15) is 4.79 Å². The van der Waals surface area contributed by atoms with Crippen LogP contribution in [-0.2, 0) is 10.2 Å². The number of amides is 1. The van der Waals surface area contributed by atoms with Crippen molar-refractivity contribution in [3.05, 3.63) is 30.1 Å². The normalized spacial score (nSPS) is 21.5. The second-order valence-electron chi connectivity index (χ2n) is 5.01. The van der Waals surface area contributed by atoms with Crippen molar-refractivity contribution in [2.75, 3.05) is 6.54 Å². The van der Waals surface area contributed by atoms with Gasteiger partial charge in [-0.2, -0.15) is 0 Å². The van der Waals surface area contributed by atoms with Gasteiger partial charge in [-0.25, -0.2) is 0 Å². The van der Waals surface area contributed by atoms with Crippen LogP contribution in [0.15, 0.2) is 24.5 Å². The number of rotatable bonds is 4. The number of aromatic nitrogens is 1. The van der Waals surface area contributed by atoms with Crippen LogP contribution in [-0.4, -0.2) is 17.4 Å². The maximum Gasteiger partial charge on any atom is 0.223 e. The van der Waals surface area contributed by atoms with Crippen molar-refractivity contribution < 1.29 is 4.79 Å². The first-order valence-electron chi connectivity index (χ1n) is 5.98. The average Bonchev–Trinajstić information content (AvgIpc) is 3.19. The largest absolute Gasteiger partial charge is 0.355 e. The summed E-state index contributed by atoms with van der Waals surface area (Å²) >= 11 is 0. The van der Waals surface area contributed by atoms with Gasteiger partial charge < -0.3 is 5.32 Å². The van der Waals surface area contributed by atoms with E-state index >= 15 is 0 Å². The SMILES string of the molecule is O=C(NCC1(c2cccnc2)CC1)C1CC1. The van der Waals surface area contributed by atoms with Crippen molar-refractivity contribution in [1.82, 2.24) is 10.3 Å². The first kappa shape index (κ1) is 9.82. The Kier molecular flexibility index (Phi) is 2.20. The molecule has 3 nitrogen and oxygen atoms in total. The third-order valence-electron chi connectivity index (χ3n) is 3.68. The fourth-order valence-corrected chi connectivity index (χ4v) is 2.14. The Bertz CT molecular complexity index is 394. The topological polar surface area (TPSA) is 42.0 Å².